The fraction of sp³-hybridized carbons (Fsp3) is 0.250. The molecule has 0 heterocycles. The summed E-state index contributed by atoms with van der Waals surface area (Å²) in [7, 11) is 1.41. The van der Waals surface area contributed by atoms with E-state index in [4.69, 9.17) is 4.74 Å². The molecule has 0 unspecified atom stereocenters. The molecule has 0 aliphatic rings. The highest BCUT2D eigenvalue weighted by Crippen LogP contribution is 2.33. The van der Waals surface area contributed by atoms with Crippen molar-refractivity contribution in [3.63, 3.8) is 0 Å². The second-order valence-electron chi connectivity index (χ2n) is 2.51. The number of alkyl halides is 1. The number of nitro benzene ring substituents is 1. The molecule has 4 nitrogen and oxygen atoms in total. The summed E-state index contributed by atoms with van der Waals surface area (Å²) in [5, 5.41) is 11.2. The smallest absolute Gasteiger partial charge is 0.311 e. The first-order chi connectivity index (χ1) is 6.60. The molecular weight excluding hydrogens is 318 g/mol. The van der Waals surface area contributed by atoms with Gasteiger partial charge < -0.3 is 4.74 Å². The van der Waals surface area contributed by atoms with Crippen LogP contribution in [0.1, 0.15) is 5.56 Å². The van der Waals surface area contributed by atoms with Crippen molar-refractivity contribution < 1.29 is 9.66 Å². The number of hydrogen-bond donors (Lipinski definition) is 0. The third kappa shape index (κ3) is 2.24. The lowest BCUT2D eigenvalue weighted by Crippen LogP contribution is -1.95. The summed E-state index contributed by atoms with van der Waals surface area (Å²) in [5.74, 6) is 0.256. The van der Waals surface area contributed by atoms with E-state index in [-0.39, 0.29) is 11.4 Å². The molecule has 0 saturated carbocycles. The zero-order chi connectivity index (χ0) is 10.7. The Balaban J connectivity index is 3.32. The lowest BCUT2D eigenvalue weighted by atomic mass is 10.2. The number of nitrogens with zero attached hydrogens (tertiary/aromatic N) is 1. The molecule has 0 aromatic heterocycles. The minimum absolute atomic E-state index is 0.0230. The van der Waals surface area contributed by atoms with Gasteiger partial charge in [0.05, 0.1) is 12.0 Å². The van der Waals surface area contributed by atoms with Crippen LogP contribution in [-0.4, -0.2) is 12.0 Å². The van der Waals surface area contributed by atoms with E-state index in [2.05, 4.69) is 31.9 Å². The van der Waals surface area contributed by atoms with Gasteiger partial charge >= 0.3 is 5.69 Å². The summed E-state index contributed by atoms with van der Waals surface area (Å²) in [6.07, 6.45) is 0. The molecule has 1 rings (SSSR count). The van der Waals surface area contributed by atoms with Gasteiger partial charge in [0.1, 0.15) is 0 Å². The third-order valence-corrected chi connectivity index (χ3v) is 3.03. The van der Waals surface area contributed by atoms with E-state index in [1.165, 1.54) is 13.2 Å². The van der Waals surface area contributed by atoms with Crippen LogP contribution in [0.3, 0.4) is 0 Å². The summed E-state index contributed by atoms with van der Waals surface area (Å²) in [6, 6.07) is 3.08. The molecule has 0 N–H and O–H groups in total. The molecule has 0 aliphatic carbocycles. The average Bonchev–Trinajstić information content (AvgIpc) is 2.16. The molecule has 6 heteroatoms. The first kappa shape index (κ1) is 11.5. The molecule has 0 radical (unpaired) electrons. The van der Waals surface area contributed by atoms with Crippen LogP contribution in [0.15, 0.2) is 16.6 Å². The Morgan fingerprint density at radius 2 is 2.21 bits per heavy atom. The summed E-state index contributed by atoms with van der Waals surface area (Å²) >= 11 is 6.54. The lowest BCUT2D eigenvalue weighted by Gasteiger charge is -2.05. The van der Waals surface area contributed by atoms with Gasteiger partial charge in [0.15, 0.2) is 5.75 Å². The van der Waals surface area contributed by atoms with Crippen molar-refractivity contribution >= 4 is 37.5 Å². The fourth-order valence-corrected chi connectivity index (χ4v) is 2.30. The number of hydrogen-bond acceptors (Lipinski definition) is 3. The molecule has 76 valence electrons. The molecular formula is C8H7Br2NO3. The monoisotopic (exact) mass is 323 g/mol. The van der Waals surface area contributed by atoms with Crippen molar-refractivity contribution in [3.05, 3.63) is 32.3 Å². The normalized spacial score (nSPS) is 9.93. The first-order valence-electron chi connectivity index (χ1n) is 3.67. The maximum atomic E-state index is 10.7. The highest BCUT2D eigenvalue weighted by atomic mass is 79.9. The van der Waals surface area contributed by atoms with Crippen LogP contribution >= 0.6 is 31.9 Å². The van der Waals surface area contributed by atoms with E-state index in [0.29, 0.717) is 5.33 Å². The van der Waals surface area contributed by atoms with Crippen LogP contribution in [0.2, 0.25) is 0 Å². The van der Waals surface area contributed by atoms with Gasteiger partial charge in [-0.1, -0.05) is 31.9 Å². The summed E-state index contributed by atoms with van der Waals surface area (Å²) in [4.78, 5) is 10.2. The van der Waals surface area contributed by atoms with Crippen molar-refractivity contribution in [2.75, 3.05) is 7.11 Å². The molecule has 0 saturated heterocycles. The standard InChI is InChI=1S/C8H7Br2NO3/c1-14-8-3-6(10)5(4-9)2-7(8)11(12)13/h2-3H,4H2,1H3. The second kappa shape index (κ2) is 4.75. The van der Waals surface area contributed by atoms with Crippen molar-refractivity contribution in [3.8, 4) is 5.75 Å². The number of nitro groups is 1. The molecule has 0 spiro atoms. The van der Waals surface area contributed by atoms with E-state index >= 15 is 0 Å². The topological polar surface area (TPSA) is 52.4 Å². The minimum atomic E-state index is -0.461. The van der Waals surface area contributed by atoms with E-state index in [0.717, 1.165) is 10.0 Å². The van der Waals surface area contributed by atoms with Gasteiger partial charge in [-0.15, -0.1) is 0 Å². The Hall–Kier alpha value is -0.620. The van der Waals surface area contributed by atoms with E-state index in [1.807, 2.05) is 0 Å². The van der Waals surface area contributed by atoms with Gasteiger partial charge in [0.2, 0.25) is 0 Å². The lowest BCUT2D eigenvalue weighted by molar-refractivity contribution is -0.385. The molecule has 0 atom stereocenters. The van der Waals surface area contributed by atoms with Crippen molar-refractivity contribution in [2.24, 2.45) is 0 Å². The number of ether oxygens (including phenoxy) is 1. The third-order valence-electron chi connectivity index (χ3n) is 1.69. The Labute approximate surface area is 97.7 Å². The zero-order valence-electron chi connectivity index (χ0n) is 7.29. The Morgan fingerprint density at radius 3 is 2.64 bits per heavy atom. The largest absolute Gasteiger partial charge is 0.490 e. The fourth-order valence-electron chi connectivity index (χ4n) is 0.995. The van der Waals surface area contributed by atoms with Gasteiger partial charge in [-0.05, 0) is 5.56 Å². The predicted molar refractivity (Wildman–Crippen MR) is 60.0 cm³/mol. The van der Waals surface area contributed by atoms with E-state index in [1.54, 1.807) is 6.07 Å². The van der Waals surface area contributed by atoms with Crippen LogP contribution in [0, 0.1) is 10.1 Å². The van der Waals surface area contributed by atoms with Crippen LogP contribution < -0.4 is 4.74 Å². The Morgan fingerprint density at radius 1 is 1.57 bits per heavy atom. The Bertz CT molecular complexity index is 368. The quantitative estimate of drug-likeness (QED) is 0.487. The van der Waals surface area contributed by atoms with Crippen LogP contribution in [-0.2, 0) is 5.33 Å². The number of benzene rings is 1. The van der Waals surface area contributed by atoms with Gasteiger partial charge in [-0.25, -0.2) is 0 Å². The van der Waals surface area contributed by atoms with Crippen molar-refractivity contribution in [2.45, 2.75) is 5.33 Å². The van der Waals surface area contributed by atoms with Crippen LogP contribution in [0.5, 0.6) is 5.75 Å². The molecule has 0 amide bonds. The summed E-state index contributed by atoms with van der Waals surface area (Å²) < 4.78 is 5.69. The van der Waals surface area contributed by atoms with Crippen LogP contribution in [0.25, 0.3) is 0 Å². The molecule has 0 aliphatic heterocycles. The van der Waals surface area contributed by atoms with Crippen LogP contribution in [0.4, 0.5) is 5.69 Å². The molecule has 14 heavy (non-hydrogen) atoms. The van der Waals surface area contributed by atoms with Gasteiger partial charge in [0.25, 0.3) is 0 Å². The zero-order valence-corrected chi connectivity index (χ0v) is 10.5. The van der Waals surface area contributed by atoms with Crippen molar-refractivity contribution in [1.82, 2.24) is 0 Å². The number of halogens is 2. The highest BCUT2D eigenvalue weighted by Gasteiger charge is 2.17. The number of rotatable bonds is 3. The minimum Gasteiger partial charge on any atom is -0.490 e. The van der Waals surface area contributed by atoms with Gasteiger partial charge in [-0.3, -0.25) is 10.1 Å². The van der Waals surface area contributed by atoms with Crippen molar-refractivity contribution in [1.29, 1.82) is 0 Å². The SMILES string of the molecule is COc1cc(Br)c(CBr)cc1[N+](=O)[O-]. The summed E-state index contributed by atoms with van der Waals surface area (Å²) in [5.41, 5.74) is 0.794. The van der Waals surface area contributed by atoms with Gasteiger partial charge in [-0.2, -0.15) is 0 Å². The Kier molecular flexibility index (Phi) is 3.88. The second-order valence-corrected chi connectivity index (χ2v) is 3.92. The average molecular weight is 325 g/mol. The molecule has 0 bridgehead atoms. The first-order valence-corrected chi connectivity index (χ1v) is 5.58. The van der Waals surface area contributed by atoms with Gasteiger partial charge in [0, 0.05) is 21.9 Å². The highest BCUT2D eigenvalue weighted by molar-refractivity contribution is 9.10. The predicted octanol–water partition coefficient (Wildman–Crippen LogP) is 3.26. The molecule has 1 aromatic carbocycles. The maximum Gasteiger partial charge on any atom is 0.311 e. The number of methoxy groups -OCH3 is 1. The van der Waals surface area contributed by atoms with E-state index in [9.17, 15) is 10.1 Å². The van der Waals surface area contributed by atoms with E-state index < -0.39 is 4.92 Å². The molecule has 1 aromatic rings. The summed E-state index contributed by atoms with van der Waals surface area (Å²) in [6.45, 7) is 0. The molecule has 0 fully saturated rings. The maximum absolute atomic E-state index is 10.7.